The Morgan fingerprint density at radius 1 is 1.21 bits per heavy atom. The van der Waals surface area contributed by atoms with Gasteiger partial charge in [-0.2, -0.15) is 4.68 Å². The van der Waals surface area contributed by atoms with Gasteiger partial charge in [0.1, 0.15) is 0 Å². The van der Waals surface area contributed by atoms with Gasteiger partial charge in [0, 0.05) is 6.54 Å². The summed E-state index contributed by atoms with van der Waals surface area (Å²) in [4.78, 5) is 29.4. The lowest BCUT2D eigenvalue weighted by molar-refractivity contribution is 0.815. The van der Waals surface area contributed by atoms with Crippen molar-refractivity contribution in [2.24, 2.45) is 0 Å². The van der Waals surface area contributed by atoms with Crippen molar-refractivity contribution in [1.82, 2.24) is 19.2 Å². The number of H-pyrrole nitrogens is 1. The molecule has 7 nitrogen and oxygen atoms in total. The fourth-order valence-corrected chi connectivity index (χ4v) is 1.99. The summed E-state index contributed by atoms with van der Waals surface area (Å²) in [6, 6.07) is 9.63. The predicted molar refractivity (Wildman–Crippen MR) is 70.3 cm³/mol. The SMILES string of the molecule is Nn1c(=O)[nH]c(=O)c2c1ncn2Cc1ccccc1. The van der Waals surface area contributed by atoms with E-state index in [-0.39, 0.29) is 11.2 Å². The highest BCUT2D eigenvalue weighted by Crippen LogP contribution is 2.08. The zero-order chi connectivity index (χ0) is 13.4. The molecule has 0 saturated carbocycles. The van der Waals surface area contributed by atoms with Crippen LogP contribution in [0.2, 0.25) is 0 Å². The summed E-state index contributed by atoms with van der Waals surface area (Å²) in [5.41, 5.74) is 0.309. The van der Waals surface area contributed by atoms with E-state index in [9.17, 15) is 9.59 Å². The molecule has 96 valence electrons. The summed E-state index contributed by atoms with van der Waals surface area (Å²) in [5, 5.41) is 0. The van der Waals surface area contributed by atoms with Crippen molar-refractivity contribution in [1.29, 1.82) is 0 Å². The van der Waals surface area contributed by atoms with E-state index in [2.05, 4.69) is 9.97 Å². The molecule has 0 atom stereocenters. The first-order chi connectivity index (χ1) is 9.16. The number of hydrogen-bond acceptors (Lipinski definition) is 4. The third-order valence-electron chi connectivity index (χ3n) is 2.90. The second kappa shape index (κ2) is 4.13. The lowest BCUT2D eigenvalue weighted by Crippen LogP contribution is -2.35. The quantitative estimate of drug-likeness (QED) is 0.613. The first-order valence-electron chi connectivity index (χ1n) is 5.66. The van der Waals surface area contributed by atoms with E-state index in [4.69, 9.17) is 5.84 Å². The summed E-state index contributed by atoms with van der Waals surface area (Å²) in [6.07, 6.45) is 1.50. The Bertz CT molecular complexity index is 844. The van der Waals surface area contributed by atoms with E-state index in [0.29, 0.717) is 6.54 Å². The molecule has 3 N–H and O–H groups in total. The third kappa shape index (κ3) is 1.81. The first-order valence-corrected chi connectivity index (χ1v) is 5.66. The number of hydrogen-bond donors (Lipinski definition) is 2. The molecule has 19 heavy (non-hydrogen) atoms. The van der Waals surface area contributed by atoms with Crippen LogP contribution in [-0.2, 0) is 6.54 Å². The highest BCUT2D eigenvalue weighted by Gasteiger charge is 2.11. The third-order valence-corrected chi connectivity index (χ3v) is 2.90. The molecule has 2 heterocycles. The maximum Gasteiger partial charge on any atom is 0.348 e. The van der Waals surface area contributed by atoms with Crippen molar-refractivity contribution < 1.29 is 0 Å². The predicted octanol–water partition coefficient (Wildman–Crippen LogP) is -0.352. The molecule has 0 spiro atoms. The molecular formula is C12H11N5O2. The zero-order valence-electron chi connectivity index (χ0n) is 9.91. The molecule has 0 bridgehead atoms. The average molecular weight is 257 g/mol. The van der Waals surface area contributed by atoms with Crippen LogP contribution in [0.15, 0.2) is 46.2 Å². The van der Waals surface area contributed by atoms with Crippen molar-refractivity contribution in [3.63, 3.8) is 0 Å². The fraction of sp³-hybridized carbons (Fsp3) is 0.0833. The highest BCUT2D eigenvalue weighted by molar-refractivity contribution is 5.70. The van der Waals surface area contributed by atoms with Crippen molar-refractivity contribution in [2.75, 3.05) is 5.84 Å². The van der Waals surface area contributed by atoms with Crippen LogP contribution in [0.3, 0.4) is 0 Å². The molecule has 0 saturated heterocycles. The topological polar surface area (TPSA) is 98.7 Å². The van der Waals surface area contributed by atoms with Gasteiger partial charge in [0.15, 0.2) is 11.2 Å². The maximum atomic E-state index is 11.8. The number of aromatic amines is 1. The van der Waals surface area contributed by atoms with Crippen LogP contribution in [0.4, 0.5) is 0 Å². The monoisotopic (exact) mass is 257 g/mol. The van der Waals surface area contributed by atoms with Gasteiger partial charge in [-0.3, -0.25) is 9.78 Å². The molecule has 0 amide bonds. The number of fused-ring (bicyclic) bond motifs is 1. The average Bonchev–Trinajstić information content (AvgIpc) is 2.82. The summed E-state index contributed by atoms with van der Waals surface area (Å²) in [5.74, 6) is 5.55. The molecule has 2 aromatic heterocycles. The molecule has 0 radical (unpaired) electrons. The Labute approximate surface area is 106 Å². The number of nitrogens with one attached hydrogen (secondary N) is 1. The number of nitrogens with zero attached hydrogens (tertiary/aromatic N) is 3. The number of imidazole rings is 1. The molecule has 3 aromatic rings. The van der Waals surface area contributed by atoms with Crippen LogP contribution in [0.5, 0.6) is 0 Å². The van der Waals surface area contributed by atoms with Crippen molar-refractivity contribution >= 4 is 11.2 Å². The summed E-state index contributed by atoms with van der Waals surface area (Å²) in [7, 11) is 0. The van der Waals surface area contributed by atoms with E-state index in [1.54, 1.807) is 4.57 Å². The van der Waals surface area contributed by atoms with Crippen molar-refractivity contribution in [3.8, 4) is 0 Å². The smallest absolute Gasteiger partial charge is 0.333 e. The van der Waals surface area contributed by atoms with Gasteiger partial charge < -0.3 is 10.4 Å². The zero-order valence-corrected chi connectivity index (χ0v) is 9.91. The van der Waals surface area contributed by atoms with Crippen molar-refractivity contribution in [2.45, 2.75) is 6.54 Å². The maximum absolute atomic E-state index is 11.8. The Hall–Kier alpha value is -2.83. The van der Waals surface area contributed by atoms with Gasteiger partial charge in [-0.05, 0) is 5.56 Å². The van der Waals surface area contributed by atoms with Crippen LogP contribution in [0.1, 0.15) is 5.56 Å². The molecular weight excluding hydrogens is 246 g/mol. The number of aromatic nitrogens is 4. The van der Waals surface area contributed by atoms with Crippen LogP contribution in [0, 0.1) is 0 Å². The largest absolute Gasteiger partial charge is 0.348 e. The second-order valence-electron chi connectivity index (χ2n) is 4.16. The molecule has 3 rings (SSSR count). The fourth-order valence-electron chi connectivity index (χ4n) is 1.99. The summed E-state index contributed by atoms with van der Waals surface area (Å²) < 4.78 is 2.49. The molecule has 0 fully saturated rings. The highest BCUT2D eigenvalue weighted by atomic mass is 16.2. The minimum Gasteiger partial charge on any atom is -0.333 e. The van der Waals surface area contributed by atoms with E-state index >= 15 is 0 Å². The number of nitrogen functional groups attached to an aromatic ring is 1. The number of nitrogens with two attached hydrogens (primary N) is 1. The molecule has 7 heteroatoms. The summed E-state index contributed by atoms with van der Waals surface area (Å²) >= 11 is 0. The van der Waals surface area contributed by atoms with Crippen LogP contribution in [-0.4, -0.2) is 19.2 Å². The number of benzene rings is 1. The standard InChI is InChI=1S/C12H11N5O2/c13-17-10-9(11(18)15-12(17)19)16(7-14-10)6-8-4-2-1-3-5-8/h1-5,7H,6,13H2,(H,15,18,19). The minimum absolute atomic E-state index is 0.171. The van der Waals surface area contributed by atoms with Gasteiger partial charge >= 0.3 is 5.69 Å². The van der Waals surface area contributed by atoms with Gasteiger partial charge in [-0.15, -0.1) is 0 Å². The lowest BCUT2D eigenvalue weighted by Gasteiger charge is -2.04. The lowest BCUT2D eigenvalue weighted by atomic mass is 10.2. The van der Waals surface area contributed by atoms with Gasteiger partial charge in [-0.1, -0.05) is 30.3 Å². The number of rotatable bonds is 2. The van der Waals surface area contributed by atoms with E-state index in [1.165, 1.54) is 6.33 Å². The Kier molecular flexibility index (Phi) is 2.45. The van der Waals surface area contributed by atoms with Gasteiger partial charge in [0.25, 0.3) is 5.56 Å². The normalized spacial score (nSPS) is 10.9. The minimum atomic E-state index is -0.678. The second-order valence-corrected chi connectivity index (χ2v) is 4.16. The van der Waals surface area contributed by atoms with Gasteiger partial charge in [-0.25, -0.2) is 9.78 Å². The summed E-state index contributed by atoms with van der Waals surface area (Å²) in [6.45, 7) is 0.485. The van der Waals surface area contributed by atoms with Crippen LogP contribution >= 0.6 is 0 Å². The van der Waals surface area contributed by atoms with Crippen LogP contribution < -0.4 is 17.1 Å². The van der Waals surface area contributed by atoms with Crippen molar-refractivity contribution in [3.05, 3.63) is 63.1 Å². The van der Waals surface area contributed by atoms with Crippen LogP contribution in [0.25, 0.3) is 11.2 Å². The molecule has 1 aromatic carbocycles. The van der Waals surface area contributed by atoms with E-state index in [0.717, 1.165) is 10.2 Å². The molecule has 0 aliphatic heterocycles. The Balaban J connectivity index is 2.19. The Morgan fingerprint density at radius 3 is 2.68 bits per heavy atom. The Morgan fingerprint density at radius 2 is 1.95 bits per heavy atom. The van der Waals surface area contributed by atoms with Gasteiger partial charge in [0.2, 0.25) is 0 Å². The van der Waals surface area contributed by atoms with Gasteiger partial charge in [0.05, 0.1) is 6.33 Å². The molecule has 0 aliphatic rings. The molecule has 0 unspecified atom stereocenters. The molecule has 0 aliphatic carbocycles. The van der Waals surface area contributed by atoms with E-state index < -0.39 is 11.2 Å². The van der Waals surface area contributed by atoms with E-state index in [1.807, 2.05) is 30.3 Å². The first kappa shape index (κ1) is 11.3.